The number of hydrogen-bond donors (Lipinski definition) is 4. The monoisotopic (exact) mass is 357 g/mol. The minimum atomic E-state index is -0.856. The first-order valence-corrected chi connectivity index (χ1v) is 7.09. The van der Waals surface area contributed by atoms with Crippen LogP contribution in [0.3, 0.4) is 0 Å². The normalized spacial score (nSPS) is 11.1. The fourth-order valence-electron chi connectivity index (χ4n) is 2.10. The largest absolute Gasteiger partial charge is 0.504 e. The number of benzene rings is 2. The van der Waals surface area contributed by atoms with Gasteiger partial charge in [0.2, 0.25) is 5.75 Å². The minimum Gasteiger partial charge on any atom is -0.504 e. The Morgan fingerprint density at radius 3 is 2.46 bits per heavy atom. The van der Waals surface area contributed by atoms with Crippen LogP contribution in [0.2, 0.25) is 0 Å². The SMILES string of the molecule is O=[N+]([O-])c1cc(-c2nc(/C=C/c3ccc(O)c(O)c3)no2)cc(O)c1O. The van der Waals surface area contributed by atoms with Crippen LogP contribution < -0.4 is 0 Å². The third kappa shape index (κ3) is 3.24. The first-order valence-electron chi connectivity index (χ1n) is 7.09. The standard InChI is InChI=1S/C16H11N3O7/c20-11-3-1-8(5-12(11)21)2-4-14-17-16(26-18-14)9-6-10(19(24)25)15(23)13(22)7-9/h1-7,20-23H/b4-2+. The van der Waals surface area contributed by atoms with E-state index in [1.54, 1.807) is 12.1 Å². The quantitative estimate of drug-likeness (QED) is 0.312. The van der Waals surface area contributed by atoms with Crippen LogP contribution in [-0.4, -0.2) is 35.5 Å². The third-order valence-corrected chi connectivity index (χ3v) is 3.38. The van der Waals surface area contributed by atoms with E-state index in [1.807, 2.05) is 0 Å². The van der Waals surface area contributed by atoms with E-state index in [-0.39, 0.29) is 28.8 Å². The Hall–Kier alpha value is -4.08. The number of aromatic hydroxyl groups is 4. The van der Waals surface area contributed by atoms with Crippen molar-refractivity contribution < 1.29 is 29.9 Å². The molecule has 0 radical (unpaired) electrons. The molecule has 26 heavy (non-hydrogen) atoms. The first kappa shape index (κ1) is 16.8. The molecule has 0 atom stereocenters. The highest BCUT2D eigenvalue weighted by Crippen LogP contribution is 2.39. The summed E-state index contributed by atoms with van der Waals surface area (Å²) in [7, 11) is 0. The van der Waals surface area contributed by atoms with E-state index < -0.39 is 22.1 Å². The van der Waals surface area contributed by atoms with E-state index in [0.29, 0.717) is 5.56 Å². The molecule has 4 N–H and O–H groups in total. The van der Waals surface area contributed by atoms with Crippen molar-refractivity contribution in [3.63, 3.8) is 0 Å². The highest BCUT2D eigenvalue weighted by atomic mass is 16.6. The fraction of sp³-hybridized carbons (Fsp3) is 0. The van der Waals surface area contributed by atoms with Crippen LogP contribution in [0.25, 0.3) is 23.6 Å². The number of rotatable bonds is 4. The minimum absolute atomic E-state index is 0.0569. The Morgan fingerprint density at radius 2 is 1.77 bits per heavy atom. The van der Waals surface area contributed by atoms with Crippen molar-refractivity contribution in [3.05, 3.63) is 51.8 Å². The molecule has 0 bridgehead atoms. The number of nitrogens with zero attached hydrogens (tertiary/aromatic N) is 3. The first-order chi connectivity index (χ1) is 12.3. The molecule has 0 saturated heterocycles. The molecule has 1 heterocycles. The molecule has 132 valence electrons. The van der Waals surface area contributed by atoms with Crippen LogP contribution in [0.15, 0.2) is 34.9 Å². The average Bonchev–Trinajstić information content (AvgIpc) is 3.07. The lowest BCUT2D eigenvalue weighted by molar-refractivity contribution is -0.385. The van der Waals surface area contributed by atoms with E-state index in [4.69, 9.17) is 4.52 Å². The molecule has 0 amide bonds. The summed E-state index contributed by atoms with van der Waals surface area (Å²) in [5, 5.41) is 52.4. The Morgan fingerprint density at radius 1 is 1.00 bits per heavy atom. The second-order valence-electron chi connectivity index (χ2n) is 5.16. The van der Waals surface area contributed by atoms with E-state index in [1.165, 1.54) is 18.2 Å². The van der Waals surface area contributed by atoms with Gasteiger partial charge in [-0.05, 0) is 29.8 Å². The van der Waals surface area contributed by atoms with Gasteiger partial charge in [0.1, 0.15) is 0 Å². The molecule has 10 nitrogen and oxygen atoms in total. The summed E-state index contributed by atoms with van der Waals surface area (Å²) >= 11 is 0. The van der Waals surface area contributed by atoms with Crippen LogP contribution in [0.5, 0.6) is 23.0 Å². The van der Waals surface area contributed by atoms with Crippen molar-refractivity contribution in [1.29, 1.82) is 0 Å². The second kappa shape index (κ2) is 6.43. The number of phenols is 4. The summed E-state index contributed by atoms with van der Waals surface area (Å²) in [6, 6.07) is 6.24. The Balaban J connectivity index is 1.89. The molecule has 0 fully saturated rings. The summed E-state index contributed by atoms with van der Waals surface area (Å²) in [4.78, 5) is 14.1. The maximum Gasteiger partial charge on any atom is 0.315 e. The van der Waals surface area contributed by atoms with Crippen molar-refractivity contribution in [2.45, 2.75) is 0 Å². The predicted octanol–water partition coefficient (Wildman–Crippen LogP) is 2.64. The Bertz CT molecular complexity index is 1030. The van der Waals surface area contributed by atoms with Crippen molar-refractivity contribution in [2.75, 3.05) is 0 Å². The lowest BCUT2D eigenvalue weighted by Gasteiger charge is -2.01. The van der Waals surface area contributed by atoms with Gasteiger partial charge >= 0.3 is 5.69 Å². The summed E-state index contributed by atoms with van der Waals surface area (Å²) in [5.74, 6) is -2.06. The van der Waals surface area contributed by atoms with Gasteiger partial charge in [0, 0.05) is 6.07 Å². The number of nitro groups is 1. The zero-order chi connectivity index (χ0) is 18.8. The molecule has 3 aromatic rings. The summed E-state index contributed by atoms with van der Waals surface area (Å²) in [6.07, 6.45) is 3.00. The molecule has 0 aliphatic heterocycles. The van der Waals surface area contributed by atoms with E-state index in [9.17, 15) is 30.5 Å². The molecule has 0 unspecified atom stereocenters. The lowest BCUT2D eigenvalue weighted by atomic mass is 10.1. The molecule has 2 aromatic carbocycles. The van der Waals surface area contributed by atoms with Gasteiger partial charge in [0.05, 0.1) is 10.5 Å². The molecule has 0 aliphatic carbocycles. The number of nitro benzene ring substituents is 1. The smallest absolute Gasteiger partial charge is 0.315 e. The molecular formula is C16H11N3O7. The summed E-state index contributed by atoms with van der Waals surface area (Å²) < 4.78 is 4.99. The van der Waals surface area contributed by atoms with E-state index in [2.05, 4.69) is 10.1 Å². The van der Waals surface area contributed by atoms with Crippen LogP contribution in [-0.2, 0) is 0 Å². The zero-order valence-corrected chi connectivity index (χ0v) is 12.9. The van der Waals surface area contributed by atoms with Gasteiger partial charge in [-0.25, -0.2) is 0 Å². The van der Waals surface area contributed by atoms with Gasteiger partial charge in [-0.3, -0.25) is 10.1 Å². The van der Waals surface area contributed by atoms with Crippen LogP contribution >= 0.6 is 0 Å². The maximum atomic E-state index is 10.9. The predicted molar refractivity (Wildman–Crippen MR) is 88.4 cm³/mol. The zero-order valence-electron chi connectivity index (χ0n) is 12.9. The fourth-order valence-corrected chi connectivity index (χ4v) is 2.10. The van der Waals surface area contributed by atoms with Crippen molar-refractivity contribution in [2.24, 2.45) is 0 Å². The van der Waals surface area contributed by atoms with E-state index >= 15 is 0 Å². The van der Waals surface area contributed by atoms with Crippen molar-refractivity contribution in [3.8, 4) is 34.5 Å². The van der Waals surface area contributed by atoms with Gasteiger partial charge < -0.3 is 24.9 Å². The molecule has 0 saturated carbocycles. The molecule has 0 spiro atoms. The summed E-state index contributed by atoms with van der Waals surface area (Å²) in [5.41, 5.74) is -0.0825. The van der Waals surface area contributed by atoms with Crippen molar-refractivity contribution >= 4 is 17.8 Å². The van der Waals surface area contributed by atoms with Gasteiger partial charge in [-0.2, -0.15) is 4.98 Å². The molecule has 3 rings (SSSR count). The Labute approximate surface area is 145 Å². The van der Waals surface area contributed by atoms with Gasteiger partial charge in [-0.1, -0.05) is 17.3 Å². The maximum absolute atomic E-state index is 10.9. The number of phenolic OH excluding ortho intramolecular Hbond substituents is 4. The van der Waals surface area contributed by atoms with Crippen molar-refractivity contribution in [1.82, 2.24) is 10.1 Å². The average molecular weight is 357 g/mol. The Kier molecular flexibility index (Phi) is 4.15. The topological polar surface area (TPSA) is 163 Å². The second-order valence-corrected chi connectivity index (χ2v) is 5.16. The lowest BCUT2D eigenvalue weighted by Crippen LogP contribution is -1.90. The molecular weight excluding hydrogens is 346 g/mol. The van der Waals surface area contributed by atoms with Gasteiger partial charge in [0.15, 0.2) is 23.1 Å². The number of aromatic nitrogens is 2. The van der Waals surface area contributed by atoms with Gasteiger partial charge in [-0.15, -0.1) is 0 Å². The van der Waals surface area contributed by atoms with E-state index in [0.717, 1.165) is 12.1 Å². The highest BCUT2D eigenvalue weighted by molar-refractivity contribution is 5.70. The molecule has 0 aliphatic rings. The van der Waals surface area contributed by atoms with Gasteiger partial charge in [0.25, 0.3) is 5.89 Å². The van der Waals surface area contributed by atoms with Crippen LogP contribution in [0, 0.1) is 10.1 Å². The van der Waals surface area contributed by atoms with Crippen LogP contribution in [0.4, 0.5) is 5.69 Å². The molecule has 1 aromatic heterocycles. The molecule has 10 heteroatoms. The van der Waals surface area contributed by atoms with Crippen LogP contribution in [0.1, 0.15) is 11.4 Å². The summed E-state index contributed by atoms with van der Waals surface area (Å²) in [6.45, 7) is 0. The third-order valence-electron chi connectivity index (χ3n) is 3.38. The highest BCUT2D eigenvalue weighted by Gasteiger charge is 2.21. The number of hydrogen-bond acceptors (Lipinski definition) is 9.